The van der Waals surface area contributed by atoms with E-state index >= 15 is 0 Å². The van der Waals surface area contributed by atoms with Gasteiger partial charge in [-0.25, -0.2) is 4.98 Å². The second-order valence-corrected chi connectivity index (χ2v) is 2.14. The monoisotopic (exact) mass is 168 g/mol. The van der Waals surface area contributed by atoms with Gasteiger partial charge in [-0.3, -0.25) is 9.59 Å². The number of ether oxygens (including phenoxy) is 1. The van der Waals surface area contributed by atoms with Crippen LogP contribution in [0.25, 0.3) is 0 Å². The van der Waals surface area contributed by atoms with Gasteiger partial charge in [-0.05, 0) is 0 Å². The number of hydrogen-bond acceptors (Lipinski definition) is 4. The molecule has 0 amide bonds. The van der Waals surface area contributed by atoms with Crippen molar-refractivity contribution in [3.8, 4) is 0 Å². The molecule has 12 heavy (non-hydrogen) atoms. The fourth-order valence-electron chi connectivity index (χ4n) is 0.707. The number of nitrogens with zero attached hydrogens (tertiary/aromatic N) is 1. The van der Waals surface area contributed by atoms with Crippen LogP contribution >= 0.6 is 0 Å². The SMILES string of the molecule is COC(=O)CC(=O)c1cnc[nH]1. The maximum atomic E-state index is 11.1. The Kier molecular flexibility index (Phi) is 2.57. The number of Topliss-reactive ketones (excluding diaryl/α,β-unsaturated/α-hetero) is 1. The van der Waals surface area contributed by atoms with Crippen LogP contribution in [0.4, 0.5) is 0 Å². The molecule has 1 rings (SSSR count). The zero-order valence-corrected chi connectivity index (χ0v) is 6.53. The van der Waals surface area contributed by atoms with Gasteiger partial charge in [0.25, 0.3) is 0 Å². The highest BCUT2D eigenvalue weighted by Crippen LogP contribution is 1.98. The van der Waals surface area contributed by atoms with Crippen molar-refractivity contribution >= 4 is 11.8 Å². The van der Waals surface area contributed by atoms with Gasteiger partial charge in [0.15, 0.2) is 5.78 Å². The first-order valence-corrected chi connectivity index (χ1v) is 3.32. The van der Waals surface area contributed by atoms with Crippen LogP contribution in [0.2, 0.25) is 0 Å². The van der Waals surface area contributed by atoms with Crippen LogP contribution < -0.4 is 0 Å². The quantitative estimate of drug-likeness (QED) is 0.396. The molecule has 1 heterocycles. The summed E-state index contributed by atoms with van der Waals surface area (Å²) in [5.74, 6) is -0.867. The average Bonchev–Trinajstić information content (AvgIpc) is 2.56. The number of carbonyl (C=O) groups is 2. The van der Waals surface area contributed by atoms with Crippen molar-refractivity contribution in [1.82, 2.24) is 9.97 Å². The number of hydrogen-bond donors (Lipinski definition) is 1. The van der Waals surface area contributed by atoms with Crippen LogP contribution in [-0.2, 0) is 9.53 Å². The van der Waals surface area contributed by atoms with Gasteiger partial charge in [0.1, 0.15) is 12.1 Å². The molecule has 1 N–H and O–H groups in total. The van der Waals surface area contributed by atoms with E-state index in [2.05, 4.69) is 14.7 Å². The molecule has 0 aliphatic heterocycles. The van der Waals surface area contributed by atoms with Crippen molar-refractivity contribution in [3.63, 3.8) is 0 Å². The number of aromatic amines is 1. The normalized spacial score (nSPS) is 9.42. The average molecular weight is 168 g/mol. The van der Waals surface area contributed by atoms with Gasteiger partial charge >= 0.3 is 5.97 Å². The van der Waals surface area contributed by atoms with Gasteiger partial charge < -0.3 is 9.72 Å². The lowest BCUT2D eigenvalue weighted by molar-refractivity contribution is -0.139. The molecule has 0 bridgehead atoms. The largest absolute Gasteiger partial charge is 0.469 e. The number of nitrogens with one attached hydrogen (secondary N) is 1. The highest BCUT2D eigenvalue weighted by molar-refractivity contribution is 6.04. The van der Waals surface area contributed by atoms with E-state index < -0.39 is 5.97 Å². The molecular weight excluding hydrogens is 160 g/mol. The standard InChI is InChI=1S/C7H8N2O3/c1-12-7(11)2-6(10)5-3-8-4-9-5/h3-4H,2H2,1H3,(H,8,9). The minimum atomic E-state index is -0.547. The Morgan fingerprint density at radius 2 is 2.42 bits per heavy atom. The third-order valence-electron chi connectivity index (χ3n) is 1.33. The molecule has 0 aliphatic carbocycles. The predicted molar refractivity (Wildman–Crippen MR) is 39.6 cm³/mol. The predicted octanol–water partition coefficient (Wildman–Crippen LogP) is 0.156. The van der Waals surface area contributed by atoms with E-state index in [-0.39, 0.29) is 12.2 Å². The molecule has 0 fully saturated rings. The zero-order valence-electron chi connectivity index (χ0n) is 6.53. The lowest BCUT2D eigenvalue weighted by Crippen LogP contribution is -2.09. The van der Waals surface area contributed by atoms with Crippen molar-refractivity contribution in [2.75, 3.05) is 7.11 Å². The second kappa shape index (κ2) is 3.66. The second-order valence-electron chi connectivity index (χ2n) is 2.14. The summed E-state index contributed by atoms with van der Waals surface area (Å²) in [7, 11) is 1.24. The lowest BCUT2D eigenvalue weighted by Gasteiger charge is -1.95. The van der Waals surface area contributed by atoms with Gasteiger partial charge in [-0.2, -0.15) is 0 Å². The van der Waals surface area contributed by atoms with E-state index in [0.717, 1.165) is 0 Å². The third-order valence-corrected chi connectivity index (χ3v) is 1.33. The van der Waals surface area contributed by atoms with Crippen molar-refractivity contribution in [3.05, 3.63) is 18.2 Å². The van der Waals surface area contributed by atoms with E-state index in [1.54, 1.807) is 0 Å². The summed E-state index contributed by atoms with van der Waals surface area (Å²) in [5.41, 5.74) is 0.320. The first kappa shape index (κ1) is 8.45. The van der Waals surface area contributed by atoms with Crippen LogP contribution in [0.5, 0.6) is 0 Å². The Morgan fingerprint density at radius 3 is 2.92 bits per heavy atom. The van der Waals surface area contributed by atoms with Crippen LogP contribution in [0, 0.1) is 0 Å². The maximum absolute atomic E-state index is 11.1. The van der Waals surface area contributed by atoms with Crippen LogP contribution in [0.3, 0.4) is 0 Å². The maximum Gasteiger partial charge on any atom is 0.313 e. The Labute approximate surface area is 68.8 Å². The van der Waals surface area contributed by atoms with E-state index in [1.165, 1.54) is 19.6 Å². The van der Waals surface area contributed by atoms with Crippen LogP contribution in [0.1, 0.15) is 16.9 Å². The first-order chi connectivity index (χ1) is 5.74. The molecule has 0 saturated heterocycles. The summed E-state index contributed by atoms with van der Waals surface area (Å²) in [4.78, 5) is 28.0. The Balaban J connectivity index is 2.56. The molecular formula is C7H8N2O3. The highest BCUT2D eigenvalue weighted by atomic mass is 16.5. The minimum Gasteiger partial charge on any atom is -0.469 e. The zero-order chi connectivity index (χ0) is 8.97. The molecule has 1 aromatic heterocycles. The molecule has 0 spiro atoms. The first-order valence-electron chi connectivity index (χ1n) is 3.32. The van der Waals surface area contributed by atoms with E-state index in [0.29, 0.717) is 5.69 Å². The number of carbonyl (C=O) groups excluding carboxylic acids is 2. The topological polar surface area (TPSA) is 72.1 Å². The summed E-state index contributed by atoms with van der Waals surface area (Å²) in [6.07, 6.45) is 2.49. The molecule has 0 saturated carbocycles. The van der Waals surface area contributed by atoms with E-state index in [1.807, 2.05) is 0 Å². The Hall–Kier alpha value is -1.65. The number of methoxy groups -OCH3 is 1. The summed E-state index contributed by atoms with van der Waals surface area (Å²) < 4.78 is 4.32. The van der Waals surface area contributed by atoms with E-state index in [4.69, 9.17) is 0 Å². The molecule has 5 nitrogen and oxygen atoms in total. The van der Waals surface area contributed by atoms with Crippen molar-refractivity contribution < 1.29 is 14.3 Å². The number of esters is 1. The smallest absolute Gasteiger partial charge is 0.313 e. The van der Waals surface area contributed by atoms with Gasteiger partial charge in [-0.1, -0.05) is 0 Å². The third kappa shape index (κ3) is 1.91. The summed E-state index contributed by atoms with van der Waals surface area (Å²) in [6, 6.07) is 0. The Bertz CT molecular complexity index is 279. The highest BCUT2D eigenvalue weighted by Gasteiger charge is 2.12. The number of ketones is 1. The van der Waals surface area contributed by atoms with E-state index in [9.17, 15) is 9.59 Å². The van der Waals surface area contributed by atoms with Crippen LogP contribution in [0.15, 0.2) is 12.5 Å². The molecule has 0 aliphatic rings. The minimum absolute atomic E-state index is 0.251. The summed E-state index contributed by atoms with van der Waals surface area (Å²) >= 11 is 0. The molecule has 5 heteroatoms. The molecule has 0 radical (unpaired) electrons. The fraction of sp³-hybridized carbons (Fsp3) is 0.286. The van der Waals surface area contributed by atoms with Gasteiger partial charge in [0.05, 0.1) is 19.6 Å². The number of aromatic nitrogens is 2. The van der Waals surface area contributed by atoms with Gasteiger partial charge in [-0.15, -0.1) is 0 Å². The molecule has 0 atom stereocenters. The van der Waals surface area contributed by atoms with Crippen molar-refractivity contribution in [2.45, 2.75) is 6.42 Å². The molecule has 0 unspecified atom stereocenters. The van der Waals surface area contributed by atoms with Crippen molar-refractivity contribution in [1.29, 1.82) is 0 Å². The molecule has 1 aromatic rings. The lowest BCUT2D eigenvalue weighted by atomic mass is 10.2. The van der Waals surface area contributed by atoms with Gasteiger partial charge in [0, 0.05) is 0 Å². The van der Waals surface area contributed by atoms with Crippen molar-refractivity contribution in [2.24, 2.45) is 0 Å². The number of H-pyrrole nitrogens is 1. The molecule has 64 valence electrons. The number of imidazole rings is 1. The fourth-order valence-corrected chi connectivity index (χ4v) is 0.707. The van der Waals surface area contributed by atoms with Crippen LogP contribution in [-0.4, -0.2) is 28.8 Å². The summed E-state index contributed by atoms with van der Waals surface area (Å²) in [6.45, 7) is 0. The van der Waals surface area contributed by atoms with Gasteiger partial charge in [0.2, 0.25) is 0 Å². The molecule has 0 aromatic carbocycles. The summed E-state index contributed by atoms with van der Waals surface area (Å²) in [5, 5.41) is 0. The number of rotatable bonds is 3. The Morgan fingerprint density at radius 1 is 1.67 bits per heavy atom.